The summed E-state index contributed by atoms with van der Waals surface area (Å²) in [7, 11) is 0. The largest absolute Gasteiger partial charge is 0.349 e. The SMILES string of the molecule is Cc1ccc(C)c(CC(=O)N[C@H](c2cccnc2)C(C)C)c1. The fourth-order valence-corrected chi connectivity index (χ4v) is 2.58. The van der Waals surface area contributed by atoms with Gasteiger partial charge in [0, 0.05) is 12.4 Å². The van der Waals surface area contributed by atoms with Crippen LogP contribution >= 0.6 is 0 Å². The van der Waals surface area contributed by atoms with Gasteiger partial charge in [-0.05, 0) is 42.5 Å². The maximum Gasteiger partial charge on any atom is 0.224 e. The Bertz CT molecular complexity index is 635. The summed E-state index contributed by atoms with van der Waals surface area (Å²) in [6, 6.07) is 10.1. The number of pyridine rings is 1. The molecule has 1 N–H and O–H groups in total. The molecule has 1 aromatic heterocycles. The van der Waals surface area contributed by atoms with Crippen molar-refractivity contribution in [1.29, 1.82) is 0 Å². The maximum atomic E-state index is 12.4. The van der Waals surface area contributed by atoms with Gasteiger partial charge in [0.25, 0.3) is 0 Å². The minimum Gasteiger partial charge on any atom is -0.349 e. The lowest BCUT2D eigenvalue weighted by Gasteiger charge is -2.23. The highest BCUT2D eigenvalue weighted by atomic mass is 16.1. The van der Waals surface area contributed by atoms with Crippen LogP contribution in [-0.2, 0) is 11.2 Å². The Balaban J connectivity index is 2.10. The highest BCUT2D eigenvalue weighted by Crippen LogP contribution is 2.21. The lowest BCUT2D eigenvalue weighted by Crippen LogP contribution is -2.33. The molecular weight excluding hydrogens is 272 g/mol. The fraction of sp³-hybridized carbons (Fsp3) is 0.368. The number of nitrogens with one attached hydrogen (secondary N) is 1. The van der Waals surface area contributed by atoms with Crippen molar-refractivity contribution in [2.75, 3.05) is 0 Å². The highest BCUT2D eigenvalue weighted by Gasteiger charge is 2.18. The molecule has 1 atom stereocenters. The Morgan fingerprint density at radius 1 is 1.23 bits per heavy atom. The monoisotopic (exact) mass is 296 g/mol. The van der Waals surface area contributed by atoms with Crippen LogP contribution in [0.25, 0.3) is 0 Å². The fourth-order valence-electron chi connectivity index (χ4n) is 2.58. The summed E-state index contributed by atoms with van der Waals surface area (Å²) in [4.78, 5) is 16.6. The van der Waals surface area contributed by atoms with Gasteiger partial charge in [0.1, 0.15) is 0 Å². The molecule has 0 saturated carbocycles. The van der Waals surface area contributed by atoms with Crippen molar-refractivity contribution >= 4 is 5.91 Å². The van der Waals surface area contributed by atoms with E-state index >= 15 is 0 Å². The van der Waals surface area contributed by atoms with Crippen molar-refractivity contribution in [2.24, 2.45) is 5.92 Å². The van der Waals surface area contributed by atoms with E-state index in [9.17, 15) is 4.79 Å². The molecule has 116 valence electrons. The number of carbonyl (C=O) groups is 1. The molecule has 2 rings (SSSR count). The Labute approximate surface area is 132 Å². The van der Waals surface area contributed by atoms with Gasteiger partial charge in [0.2, 0.25) is 5.91 Å². The Hall–Kier alpha value is -2.16. The van der Waals surface area contributed by atoms with Crippen LogP contribution in [0.15, 0.2) is 42.7 Å². The van der Waals surface area contributed by atoms with Crippen molar-refractivity contribution < 1.29 is 4.79 Å². The molecule has 0 saturated heterocycles. The number of hydrogen-bond donors (Lipinski definition) is 1. The molecule has 0 bridgehead atoms. The van der Waals surface area contributed by atoms with Crippen LogP contribution in [0.2, 0.25) is 0 Å². The smallest absolute Gasteiger partial charge is 0.224 e. The van der Waals surface area contributed by atoms with Crippen LogP contribution in [-0.4, -0.2) is 10.9 Å². The zero-order chi connectivity index (χ0) is 16.1. The van der Waals surface area contributed by atoms with E-state index in [1.807, 2.05) is 32.2 Å². The van der Waals surface area contributed by atoms with Gasteiger partial charge in [-0.25, -0.2) is 0 Å². The van der Waals surface area contributed by atoms with E-state index in [0.717, 1.165) is 16.7 Å². The van der Waals surface area contributed by atoms with Gasteiger partial charge in [-0.1, -0.05) is 43.7 Å². The highest BCUT2D eigenvalue weighted by molar-refractivity contribution is 5.79. The van der Waals surface area contributed by atoms with Crippen molar-refractivity contribution in [3.05, 3.63) is 65.0 Å². The van der Waals surface area contributed by atoms with Gasteiger partial charge < -0.3 is 5.32 Å². The van der Waals surface area contributed by atoms with Gasteiger partial charge in [-0.2, -0.15) is 0 Å². The minimum atomic E-state index is -0.00804. The first-order chi connectivity index (χ1) is 10.5. The number of benzene rings is 1. The zero-order valence-electron chi connectivity index (χ0n) is 13.8. The summed E-state index contributed by atoms with van der Waals surface area (Å²) in [6.45, 7) is 8.31. The third kappa shape index (κ3) is 4.17. The molecule has 2 aromatic rings. The number of carbonyl (C=O) groups excluding carboxylic acids is 1. The number of rotatable bonds is 5. The first-order valence-corrected chi connectivity index (χ1v) is 7.73. The topological polar surface area (TPSA) is 42.0 Å². The summed E-state index contributed by atoms with van der Waals surface area (Å²) in [5.41, 5.74) is 4.47. The number of amides is 1. The van der Waals surface area contributed by atoms with Crippen LogP contribution in [0.1, 0.15) is 42.1 Å². The molecule has 0 spiro atoms. The third-order valence-corrected chi connectivity index (χ3v) is 3.88. The molecular formula is C19H24N2O. The average Bonchev–Trinajstić information content (AvgIpc) is 2.49. The zero-order valence-corrected chi connectivity index (χ0v) is 13.8. The average molecular weight is 296 g/mol. The van der Waals surface area contributed by atoms with Crippen LogP contribution in [0, 0.1) is 19.8 Å². The van der Waals surface area contributed by atoms with Crippen LogP contribution < -0.4 is 5.32 Å². The Morgan fingerprint density at radius 3 is 2.64 bits per heavy atom. The maximum absolute atomic E-state index is 12.4. The molecule has 3 nitrogen and oxygen atoms in total. The normalized spacial score (nSPS) is 12.2. The second kappa shape index (κ2) is 7.21. The molecule has 0 fully saturated rings. The number of aromatic nitrogens is 1. The molecule has 1 amide bonds. The van der Waals surface area contributed by atoms with Gasteiger partial charge in [0.05, 0.1) is 12.5 Å². The van der Waals surface area contributed by atoms with E-state index in [1.54, 1.807) is 6.20 Å². The van der Waals surface area contributed by atoms with E-state index in [4.69, 9.17) is 0 Å². The lowest BCUT2D eigenvalue weighted by molar-refractivity contribution is -0.121. The van der Waals surface area contributed by atoms with Crippen LogP contribution in [0.5, 0.6) is 0 Å². The first-order valence-electron chi connectivity index (χ1n) is 7.73. The summed E-state index contributed by atoms with van der Waals surface area (Å²) in [5.74, 6) is 0.364. The molecule has 0 unspecified atom stereocenters. The van der Waals surface area contributed by atoms with Gasteiger partial charge in [-0.3, -0.25) is 9.78 Å². The van der Waals surface area contributed by atoms with E-state index in [2.05, 4.69) is 42.3 Å². The van der Waals surface area contributed by atoms with Gasteiger partial charge >= 0.3 is 0 Å². The molecule has 0 aliphatic heterocycles. The number of nitrogens with zero attached hydrogens (tertiary/aromatic N) is 1. The first kappa shape index (κ1) is 16.2. The quantitative estimate of drug-likeness (QED) is 0.913. The molecule has 0 aliphatic carbocycles. The molecule has 0 aliphatic rings. The van der Waals surface area contributed by atoms with E-state index in [-0.39, 0.29) is 11.9 Å². The second-order valence-corrected chi connectivity index (χ2v) is 6.18. The van der Waals surface area contributed by atoms with Crippen molar-refractivity contribution in [3.8, 4) is 0 Å². The summed E-state index contributed by atoms with van der Waals surface area (Å²) >= 11 is 0. The summed E-state index contributed by atoms with van der Waals surface area (Å²) in [6.07, 6.45) is 3.98. The number of aryl methyl sites for hydroxylation is 2. The minimum absolute atomic E-state index is 0.00804. The molecule has 1 aromatic carbocycles. The third-order valence-electron chi connectivity index (χ3n) is 3.88. The predicted molar refractivity (Wildman–Crippen MR) is 89.6 cm³/mol. The molecule has 3 heteroatoms. The summed E-state index contributed by atoms with van der Waals surface area (Å²) in [5, 5.41) is 3.15. The van der Waals surface area contributed by atoms with E-state index < -0.39 is 0 Å². The van der Waals surface area contributed by atoms with Crippen molar-refractivity contribution in [1.82, 2.24) is 10.3 Å². The van der Waals surface area contributed by atoms with Gasteiger partial charge in [-0.15, -0.1) is 0 Å². The second-order valence-electron chi connectivity index (χ2n) is 6.18. The lowest BCUT2D eigenvalue weighted by atomic mass is 9.96. The van der Waals surface area contributed by atoms with E-state index in [1.165, 1.54) is 5.56 Å². The van der Waals surface area contributed by atoms with Crippen molar-refractivity contribution in [2.45, 2.75) is 40.2 Å². The molecule has 1 heterocycles. The van der Waals surface area contributed by atoms with Crippen molar-refractivity contribution in [3.63, 3.8) is 0 Å². The number of hydrogen-bond acceptors (Lipinski definition) is 2. The molecule has 0 radical (unpaired) electrons. The molecule has 22 heavy (non-hydrogen) atoms. The predicted octanol–water partition coefficient (Wildman–Crippen LogP) is 3.75. The Kier molecular flexibility index (Phi) is 5.31. The summed E-state index contributed by atoms with van der Waals surface area (Å²) < 4.78 is 0. The van der Waals surface area contributed by atoms with Crippen LogP contribution in [0.4, 0.5) is 0 Å². The standard InChI is InChI=1S/C19H24N2O/c1-13(2)19(16-6-5-9-20-12-16)21-18(22)11-17-10-14(3)7-8-15(17)4/h5-10,12-13,19H,11H2,1-4H3,(H,21,22)/t19-/m0/s1. The van der Waals surface area contributed by atoms with Crippen LogP contribution in [0.3, 0.4) is 0 Å². The van der Waals surface area contributed by atoms with Gasteiger partial charge in [0.15, 0.2) is 0 Å². The Morgan fingerprint density at radius 2 is 2.00 bits per heavy atom. The van der Waals surface area contributed by atoms with E-state index in [0.29, 0.717) is 12.3 Å².